The van der Waals surface area contributed by atoms with Crippen LogP contribution in [0.1, 0.15) is 4.88 Å². The van der Waals surface area contributed by atoms with E-state index >= 15 is 0 Å². The Morgan fingerprint density at radius 2 is 1.71 bits per heavy atom. The third kappa shape index (κ3) is 1.92. The van der Waals surface area contributed by atoms with E-state index in [0.29, 0.717) is 5.15 Å². The van der Waals surface area contributed by atoms with Crippen molar-refractivity contribution in [2.45, 2.75) is 6.92 Å². The summed E-state index contributed by atoms with van der Waals surface area (Å²) in [4.78, 5) is 11.2. The van der Waals surface area contributed by atoms with Gasteiger partial charge in [-0.15, -0.1) is 11.3 Å². The van der Waals surface area contributed by atoms with Crippen LogP contribution in [0.3, 0.4) is 0 Å². The summed E-state index contributed by atoms with van der Waals surface area (Å²) in [6, 6.07) is 11.8. The highest BCUT2D eigenvalue weighted by molar-refractivity contribution is 7.15. The molecular weight excluding hydrogens is 252 g/mol. The fourth-order valence-electron chi connectivity index (χ4n) is 1.70. The Bertz CT molecular complexity index is 691. The van der Waals surface area contributed by atoms with Crippen LogP contribution in [0, 0.1) is 6.92 Å². The van der Waals surface area contributed by atoms with Gasteiger partial charge in [-0.25, -0.2) is 9.97 Å². The molecular formula is C13H9ClN2S. The topological polar surface area (TPSA) is 25.8 Å². The molecule has 0 amide bonds. The monoisotopic (exact) mass is 260 g/mol. The van der Waals surface area contributed by atoms with Gasteiger partial charge in [0.05, 0.1) is 15.9 Å². The molecule has 0 aliphatic rings. The molecule has 0 aliphatic heterocycles. The predicted molar refractivity (Wildman–Crippen MR) is 72.6 cm³/mol. The van der Waals surface area contributed by atoms with Gasteiger partial charge in [-0.05, 0) is 31.2 Å². The molecule has 0 bridgehead atoms. The Balaban J connectivity index is 2.26. The molecule has 0 fully saturated rings. The summed E-state index contributed by atoms with van der Waals surface area (Å²) in [6.45, 7) is 2.07. The number of aromatic nitrogens is 2. The number of hydrogen-bond donors (Lipinski definition) is 0. The highest BCUT2D eigenvalue weighted by atomic mass is 35.5. The van der Waals surface area contributed by atoms with E-state index in [2.05, 4.69) is 23.0 Å². The maximum Gasteiger partial charge on any atom is 0.156 e. The molecule has 3 aromatic rings. The molecule has 4 heteroatoms. The van der Waals surface area contributed by atoms with Gasteiger partial charge in [0.2, 0.25) is 0 Å². The lowest BCUT2D eigenvalue weighted by atomic mass is 10.3. The van der Waals surface area contributed by atoms with E-state index in [-0.39, 0.29) is 0 Å². The maximum atomic E-state index is 6.18. The van der Waals surface area contributed by atoms with Crippen molar-refractivity contribution in [2.24, 2.45) is 0 Å². The number of aryl methyl sites for hydroxylation is 1. The van der Waals surface area contributed by atoms with Crippen LogP contribution < -0.4 is 0 Å². The Morgan fingerprint density at radius 3 is 2.35 bits per heavy atom. The lowest BCUT2D eigenvalue weighted by molar-refractivity contribution is 1.30. The van der Waals surface area contributed by atoms with Crippen molar-refractivity contribution in [3.8, 4) is 10.6 Å². The summed E-state index contributed by atoms with van der Waals surface area (Å²) in [6.07, 6.45) is 0. The molecule has 0 unspecified atom stereocenters. The molecule has 0 aliphatic carbocycles. The van der Waals surface area contributed by atoms with Gasteiger partial charge in [0.1, 0.15) is 5.69 Å². The Kier molecular flexibility index (Phi) is 2.57. The number of thiophene rings is 1. The summed E-state index contributed by atoms with van der Waals surface area (Å²) in [5, 5.41) is 0.463. The fraction of sp³-hybridized carbons (Fsp3) is 0.0769. The van der Waals surface area contributed by atoms with Gasteiger partial charge in [-0.3, -0.25) is 0 Å². The molecule has 2 heterocycles. The van der Waals surface area contributed by atoms with Gasteiger partial charge in [0.25, 0.3) is 0 Å². The third-order valence-corrected chi connectivity index (χ3v) is 3.77. The van der Waals surface area contributed by atoms with Crippen LogP contribution >= 0.6 is 22.9 Å². The Morgan fingerprint density at radius 1 is 1.00 bits per heavy atom. The molecule has 1 aromatic carbocycles. The van der Waals surface area contributed by atoms with Crippen molar-refractivity contribution in [1.82, 2.24) is 9.97 Å². The summed E-state index contributed by atoms with van der Waals surface area (Å²) in [5.41, 5.74) is 2.47. The highest BCUT2D eigenvalue weighted by Gasteiger charge is 2.10. The zero-order valence-corrected chi connectivity index (χ0v) is 10.7. The number of hydrogen-bond acceptors (Lipinski definition) is 3. The van der Waals surface area contributed by atoms with Crippen LogP contribution in [0.15, 0.2) is 36.4 Å². The van der Waals surface area contributed by atoms with Crippen molar-refractivity contribution in [3.63, 3.8) is 0 Å². The molecule has 0 atom stereocenters. The first kappa shape index (κ1) is 10.7. The van der Waals surface area contributed by atoms with Crippen molar-refractivity contribution in [3.05, 3.63) is 46.4 Å². The molecule has 0 radical (unpaired) electrons. The van der Waals surface area contributed by atoms with Crippen molar-refractivity contribution in [1.29, 1.82) is 0 Å². The van der Waals surface area contributed by atoms with Crippen molar-refractivity contribution in [2.75, 3.05) is 0 Å². The first-order valence-electron chi connectivity index (χ1n) is 5.23. The Labute approximate surface area is 108 Å². The van der Waals surface area contributed by atoms with Gasteiger partial charge in [0.15, 0.2) is 5.15 Å². The quantitative estimate of drug-likeness (QED) is 0.651. The summed E-state index contributed by atoms with van der Waals surface area (Å²) >= 11 is 7.86. The first-order chi connectivity index (χ1) is 8.24. The number of benzene rings is 1. The number of para-hydroxylation sites is 2. The number of nitrogens with zero attached hydrogens (tertiary/aromatic N) is 2. The second-order valence-corrected chi connectivity index (χ2v) is 5.41. The van der Waals surface area contributed by atoms with E-state index in [1.165, 1.54) is 4.88 Å². The van der Waals surface area contributed by atoms with E-state index in [1.807, 2.05) is 30.3 Å². The van der Waals surface area contributed by atoms with Crippen LogP contribution in [-0.4, -0.2) is 9.97 Å². The molecule has 2 nitrogen and oxygen atoms in total. The molecule has 3 rings (SSSR count). The summed E-state index contributed by atoms with van der Waals surface area (Å²) < 4.78 is 0. The maximum absolute atomic E-state index is 6.18. The lowest BCUT2D eigenvalue weighted by Gasteiger charge is -2.02. The SMILES string of the molecule is Cc1ccc(-c2nc3ccccc3nc2Cl)s1. The molecule has 2 aromatic heterocycles. The van der Waals surface area contributed by atoms with Crippen LogP contribution in [0.25, 0.3) is 21.6 Å². The normalized spacial score (nSPS) is 10.9. The predicted octanol–water partition coefficient (Wildman–Crippen LogP) is 4.32. The molecule has 84 valence electrons. The van der Waals surface area contributed by atoms with E-state index in [0.717, 1.165) is 21.6 Å². The minimum absolute atomic E-state index is 0.463. The number of rotatable bonds is 1. The molecule has 0 spiro atoms. The standard InChI is InChI=1S/C13H9ClN2S/c1-8-6-7-11(17-8)12-13(14)16-10-5-3-2-4-9(10)15-12/h2-7H,1H3. The first-order valence-corrected chi connectivity index (χ1v) is 6.42. The van der Waals surface area contributed by atoms with Gasteiger partial charge < -0.3 is 0 Å². The molecule has 0 N–H and O–H groups in total. The molecule has 0 saturated carbocycles. The summed E-state index contributed by atoms with van der Waals surface area (Å²) in [5.74, 6) is 0. The smallest absolute Gasteiger partial charge is 0.156 e. The average molecular weight is 261 g/mol. The van der Waals surface area contributed by atoms with Crippen LogP contribution in [-0.2, 0) is 0 Å². The minimum atomic E-state index is 0.463. The average Bonchev–Trinajstić information content (AvgIpc) is 2.75. The largest absolute Gasteiger partial charge is 0.242 e. The van der Waals surface area contributed by atoms with Crippen LogP contribution in [0.4, 0.5) is 0 Å². The zero-order valence-electron chi connectivity index (χ0n) is 9.14. The Hall–Kier alpha value is -1.45. The van der Waals surface area contributed by atoms with E-state index in [9.17, 15) is 0 Å². The summed E-state index contributed by atoms with van der Waals surface area (Å²) in [7, 11) is 0. The van der Waals surface area contributed by atoms with Gasteiger partial charge >= 0.3 is 0 Å². The number of fused-ring (bicyclic) bond motifs is 1. The number of halogens is 1. The second kappa shape index (κ2) is 4.09. The van der Waals surface area contributed by atoms with Gasteiger partial charge in [-0.1, -0.05) is 23.7 Å². The van der Waals surface area contributed by atoms with Crippen LogP contribution in [0.2, 0.25) is 5.15 Å². The van der Waals surface area contributed by atoms with Crippen molar-refractivity contribution >= 4 is 34.0 Å². The highest BCUT2D eigenvalue weighted by Crippen LogP contribution is 2.31. The minimum Gasteiger partial charge on any atom is -0.242 e. The van der Waals surface area contributed by atoms with E-state index in [4.69, 9.17) is 11.6 Å². The van der Waals surface area contributed by atoms with Crippen molar-refractivity contribution < 1.29 is 0 Å². The third-order valence-electron chi connectivity index (χ3n) is 2.50. The molecule has 0 saturated heterocycles. The second-order valence-electron chi connectivity index (χ2n) is 3.76. The zero-order chi connectivity index (χ0) is 11.8. The fourth-order valence-corrected chi connectivity index (χ4v) is 2.85. The molecule has 17 heavy (non-hydrogen) atoms. The van der Waals surface area contributed by atoms with Gasteiger partial charge in [-0.2, -0.15) is 0 Å². The van der Waals surface area contributed by atoms with Crippen LogP contribution in [0.5, 0.6) is 0 Å². The van der Waals surface area contributed by atoms with Gasteiger partial charge in [0, 0.05) is 4.88 Å². The lowest BCUT2D eigenvalue weighted by Crippen LogP contribution is -1.89. The van der Waals surface area contributed by atoms with E-state index < -0.39 is 0 Å². The van der Waals surface area contributed by atoms with E-state index in [1.54, 1.807) is 11.3 Å².